The van der Waals surface area contributed by atoms with E-state index in [2.05, 4.69) is 146 Å². The molecular formula is C47H27N3S. The number of benzene rings is 8. The molecule has 3 nitrogen and oxygen atoms in total. The van der Waals surface area contributed by atoms with Gasteiger partial charge in [0.05, 0.1) is 0 Å². The number of nitrogens with zero attached hydrogens (tertiary/aromatic N) is 3. The Bertz CT molecular complexity index is 3020. The van der Waals surface area contributed by atoms with Gasteiger partial charge in [0, 0.05) is 42.2 Å². The van der Waals surface area contributed by atoms with Gasteiger partial charge in [0.15, 0.2) is 17.5 Å². The Morgan fingerprint density at radius 3 is 1.65 bits per heavy atom. The van der Waals surface area contributed by atoms with Crippen LogP contribution in [0.2, 0.25) is 0 Å². The van der Waals surface area contributed by atoms with Crippen LogP contribution in [0.5, 0.6) is 0 Å². The second kappa shape index (κ2) is 11.0. The first kappa shape index (κ1) is 28.4. The first-order chi connectivity index (χ1) is 25.3. The Labute approximate surface area is 298 Å². The van der Waals surface area contributed by atoms with Crippen molar-refractivity contribution < 1.29 is 0 Å². The van der Waals surface area contributed by atoms with Crippen LogP contribution in [0.3, 0.4) is 0 Å². The quantitative estimate of drug-likeness (QED) is 0.188. The summed E-state index contributed by atoms with van der Waals surface area (Å²) in [5, 5.41) is 7.47. The zero-order valence-electron chi connectivity index (χ0n) is 27.3. The smallest absolute Gasteiger partial charge is 0.165 e. The lowest BCUT2D eigenvalue weighted by molar-refractivity contribution is 1.08. The van der Waals surface area contributed by atoms with Crippen molar-refractivity contribution >= 4 is 53.1 Å². The van der Waals surface area contributed by atoms with Gasteiger partial charge in [0.1, 0.15) is 0 Å². The van der Waals surface area contributed by atoms with Gasteiger partial charge in [-0.3, -0.25) is 0 Å². The summed E-state index contributed by atoms with van der Waals surface area (Å²) in [5.41, 5.74) is 10.6. The predicted molar refractivity (Wildman–Crippen MR) is 214 cm³/mol. The molecule has 0 saturated heterocycles. The van der Waals surface area contributed by atoms with E-state index in [1.807, 2.05) is 29.5 Å². The van der Waals surface area contributed by atoms with Crippen molar-refractivity contribution in [1.29, 1.82) is 0 Å². The van der Waals surface area contributed by atoms with Crippen molar-refractivity contribution in [3.63, 3.8) is 0 Å². The summed E-state index contributed by atoms with van der Waals surface area (Å²) >= 11 is 1.84. The Morgan fingerprint density at radius 2 is 0.882 bits per heavy atom. The zero-order chi connectivity index (χ0) is 33.5. The standard InChI is InChI=1S/C47H27N3S/c1-3-11-28(12-4-1)30-21-22-32-26-33(24-23-31(32)25-30)46-48-45(29-13-5-2-6-14-29)49-47(50-46)39-20-10-18-37-41-27-40-35-16-8-7-15-34(35)36-17-9-19-38(42(36)40)44(41)51-43(37)39/h1-27H. The summed E-state index contributed by atoms with van der Waals surface area (Å²) in [4.78, 5) is 15.4. The molecule has 2 aromatic heterocycles. The van der Waals surface area contributed by atoms with Crippen molar-refractivity contribution in [2.24, 2.45) is 0 Å². The first-order valence-corrected chi connectivity index (χ1v) is 18.0. The maximum atomic E-state index is 5.21. The second-order valence-corrected chi connectivity index (χ2v) is 14.2. The van der Waals surface area contributed by atoms with Crippen molar-refractivity contribution in [1.82, 2.24) is 15.0 Å². The van der Waals surface area contributed by atoms with E-state index >= 15 is 0 Å². The minimum atomic E-state index is 0.661. The number of aromatic nitrogens is 3. The van der Waals surface area contributed by atoms with Crippen molar-refractivity contribution in [3.8, 4) is 67.5 Å². The van der Waals surface area contributed by atoms with Crippen LogP contribution in [0.1, 0.15) is 0 Å². The SMILES string of the molecule is c1ccc(-c2ccc3cc(-c4nc(-c5ccccc5)nc(-c5cccc6c5sc5c7cccc8c7c(cc65)-c5ccccc5-8)n4)ccc3c2)cc1. The molecule has 236 valence electrons. The molecule has 0 saturated carbocycles. The van der Waals surface area contributed by atoms with Crippen molar-refractivity contribution in [3.05, 3.63) is 164 Å². The fraction of sp³-hybridized carbons (Fsp3) is 0. The largest absolute Gasteiger partial charge is 0.208 e. The molecule has 11 rings (SSSR count). The van der Waals surface area contributed by atoms with Crippen LogP contribution in [-0.4, -0.2) is 15.0 Å². The summed E-state index contributed by atoms with van der Waals surface area (Å²) in [6.45, 7) is 0. The Morgan fingerprint density at radius 1 is 0.314 bits per heavy atom. The number of thiophene rings is 1. The number of fused-ring (bicyclic) bond motifs is 8. The molecule has 0 spiro atoms. The van der Waals surface area contributed by atoms with E-state index in [1.165, 1.54) is 69.7 Å². The Hall–Kier alpha value is -6.49. The third-order valence-electron chi connectivity index (χ3n) is 10.2. The van der Waals surface area contributed by atoms with E-state index in [0.29, 0.717) is 17.5 Å². The van der Waals surface area contributed by atoms with E-state index in [4.69, 9.17) is 15.0 Å². The summed E-state index contributed by atoms with van der Waals surface area (Å²) in [6.07, 6.45) is 0. The highest BCUT2D eigenvalue weighted by Crippen LogP contribution is 2.52. The van der Waals surface area contributed by atoms with Crippen LogP contribution in [0, 0.1) is 0 Å². The third-order valence-corrected chi connectivity index (χ3v) is 11.5. The number of hydrogen-bond donors (Lipinski definition) is 0. The van der Waals surface area contributed by atoms with Gasteiger partial charge in [-0.2, -0.15) is 0 Å². The van der Waals surface area contributed by atoms with E-state index in [0.717, 1.165) is 22.1 Å². The molecule has 4 heteroatoms. The summed E-state index contributed by atoms with van der Waals surface area (Å²) in [7, 11) is 0. The Kier molecular flexibility index (Phi) is 6.12. The number of rotatable bonds is 4. The normalized spacial score (nSPS) is 11.9. The van der Waals surface area contributed by atoms with Gasteiger partial charge in [0.2, 0.25) is 0 Å². The molecule has 1 aliphatic rings. The average Bonchev–Trinajstić information content (AvgIpc) is 3.75. The van der Waals surface area contributed by atoms with Crippen LogP contribution < -0.4 is 0 Å². The summed E-state index contributed by atoms with van der Waals surface area (Å²) in [5.74, 6) is 2.00. The molecular weight excluding hydrogens is 639 g/mol. The lowest BCUT2D eigenvalue weighted by Gasteiger charge is -2.10. The van der Waals surface area contributed by atoms with E-state index in [-0.39, 0.29) is 0 Å². The monoisotopic (exact) mass is 665 g/mol. The molecule has 2 heterocycles. The van der Waals surface area contributed by atoms with Crippen molar-refractivity contribution in [2.75, 3.05) is 0 Å². The van der Waals surface area contributed by atoms with Gasteiger partial charge in [-0.25, -0.2) is 15.0 Å². The van der Waals surface area contributed by atoms with Gasteiger partial charge in [-0.05, 0) is 73.8 Å². The highest BCUT2D eigenvalue weighted by atomic mass is 32.1. The van der Waals surface area contributed by atoms with Gasteiger partial charge < -0.3 is 0 Å². The summed E-state index contributed by atoms with van der Waals surface area (Å²) < 4.78 is 2.49. The maximum Gasteiger partial charge on any atom is 0.165 e. The van der Waals surface area contributed by atoms with Crippen LogP contribution >= 0.6 is 11.3 Å². The molecule has 8 aromatic carbocycles. The molecule has 0 amide bonds. The molecule has 0 N–H and O–H groups in total. The van der Waals surface area contributed by atoms with E-state index in [9.17, 15) is 0 Å². The second-order valence-electron chi connectivity index (χ2n) is 13.2. The lowest BCUT2D eigenvalue weighted by atomic mass is 9.99. The minimum absolute atomic E-state index is 0.661. The molecule has 10 aromatic rings. The molecule has 0 fully saturated rings. The van der Waals surface area contributed by atoms with Crippen LogP contribution in [0.25, 0.3) is 109 Å². The highest BCUT2D eigenvalue weighted by molar-refractivity contribution is 7.27. The fourth-order valence-corrected chi connectivity index (χ4v) is 9.15. The Balaban J connectivity index is 1.11. The number of hydrogen-bond acceptors (Lipinski definition) is 4. The highest BCUT2D eigenvalue weighted by Gasteiger charge is 2.24. The lowest BCUT2D eigenvalue weighted by Crippen LogP contribution is -2.00. The van der Waals surface area contributed by atoms with Crippen LogP contribution in [-0.2, 0) is 0 Å². The van der Waals surface area contributed by atoms with E-state index in [1.54, 1.807) is 0 Å². The molecule has 0 radical (unpaired) electrons. The maximum absolute atomic E-state index is 5.21. The summed E-state index contributed by atoms with van der Waals surface area (Å²) in [6, 6.07) is 58.3. The average molecular weight is 666 g/mol. The minimum Gasteiger partial charge on any atom is -0.208 e. The van der Waals surface area contributed by atoms with Crippen LogP contribution in [0.4, 0.5) is 0 Å². The van der Waals surface area contributed by atoms with E-state index < -0.39 is 0 Å². The first-order valence-electron chi connectivity index (χ1n) is 17.2. The molecule has 1 aliphatic carbocycles. The van der Waals surface area contributed by atoms with Crippen molar-refractivity contribution in [2.45, 2.75) is 0 Å². The van der Waals surface area contributed by atoms with Gasteiger partial charge in [0.25, 0.3) is 0 Å². The van der Waals surface area contributed by atoms with Crippen LogP contribution in [0.15, 0.2) is 164 Å². The third kappa shape index (κ3) is 4.40. The fourth-order valence-electron chi connectivity index (χ4n) is 7.83. The van der Waals surface area contributed by atoms with Gasteiger partial charge in [-0.1, -0.05) is 140 Å². The van der Waals surface area contributed by atoms with Gasteiger partial charge >= 0.3 is 0 Å². The molecule has 0 atom stereocenters. The molecule has 0 bridgehead atoms. The predicted octanol–water partition coefficient (Wildman–Crippen LogP) is 12.9. The zero-order valence-corrected chi connectivity index (χ0v) is 28.2. The molecule has 51 heavy (non-hydrogen) atoms. The molecule has 0 unspecified atom stereocenters. The molecule has 0 aliphatic heterocycles. The topological polar surface area (TPSA) is 38.7 Å². The van der Waals surface area contributed by atoms with Gasteiger partial charge in [-0.15, -0.1) is 11.3 Å².